The van der Waals surface area contributed by atoms with Gasteiger partial charge in [0.2, 0.25) is 0 Å². The number of carboxylic acids is 1. The molecule has 0 amide bonds. The fraction of sp³-hybridized carbons (Fsp3) is 0.167. The molecule has 106 valence electrons. The van der Waals surface area contributed by atoms with Crippen molar-refractivity contribution in [1.29, 1.82) is 0 Å². The third-order valence-electron chi connectivity index (χ3n) is 2.84. The van der Waals surface area contributed by atoms with Gasteiger partial charge in [-0.1, -0.05) is 5.16 Å². The number of hydrogen-bond donors (Lipinski definition) is 2. The summed E-state index contributed by atoms with van der Waals surface area (Å²) in [6.07, 6.45) is 2.35. The average Bonchev–Trinajstić information content (AvgIpc) is 2.83. The van der Waals surface area contributed by atoms with Gasteiger partial charge in [-0.15, -0.1) is 0 Å². The van der Waals surface area contributed by atoms with Crippen LogP contribution < -0.4 is 4.72 Å². The molecule has 0 atom stereocenters. The molecule has 0 unspecified atom stereocenters. The molecule has 0 aliphatic rings. The van der Waals surface area contributed by atoms with Crippen LogP contribution in [0.3, 0.4) is 0 Å². The molecule has 8 heteroatoms. The summed E-state index contributed by atoms with van der Waals surface area (Å²) in [5, 5.41) is 12.4. The van der Waals surface area contributed by atoms with Crippen molar-refractivity contribution in [3.8, 4) is 0 Å². The van der Waals surface area contributed by atoms with Gasteiger partial charge in [0.15, 0.2) is 0 Å². The van der Waals surface area contributed by atoms with Crippen molar-refractivity contribution >= 4 is 21.7 Å². The summed E-state index contributed by atoms with van der Waals surface area (Å²) >= 11 is 0. The minimum Gasteiger partial charge on any atom is -0.478 e. The first kappa shape index (κ1) is 14.1. The van der Waals surface area contributed by atoms with Crippen LogP contribution in [0.5, 0.6) is 0 Å². The zero-order valence-corrected chi connectivity index (χ0v) is 11.6. The summed E-state index contributed by atoms with van der Waals surface area (Å²) in [4.78, 5) is 10.9. The molecule has 0 saturated heterocycles. The summed E-state index contributed by atoms with van der Waals surface area (Å²) < 4.78 is 31.4. The fourth-order valence-electron chi connectivity index (χ4n) is 1.69. The van der Waals surface area contributed by atoms with Gasteiger partial charge in [-0.2, -0.15) is 0 Å². The summed E-state index contributed by atoms with van der Waals surface area (Å²) in [5.74, 6) is -1.19. The number of aryl methyl sites for hydroxylation is 1. The number of carboxylic acid groups (broad SMARTS) is 1. The van der Waals surface area contributed by atoms with Crippen LogP contribution in [-0.4, -0.2) is 24.7 Å². The molecular formula is C12H12N2O5S. The maximum atomic E-state index is 12.3. The lowest BCUT2D eigenvalue weighted by molar-refractivity contribution is 0.0696. The number of sulfonamides is 1. The van der Waals surface area contributed by atoms with Crippen LogP contribution in [0.15, 0.2) is 34.0 Å². The van der Waals surface area contributed by atoms with E-state index in [0.29, 0.717) is 11.1 Å². The Morgan fingerprint density at radius 3 is 2.60 bits per heavy atom. The van der Waals surface area contributed by atoms with E-state index in [-0.39, 0.29) is 16.1 Å². The van der Waals surface area contributed by atoms with E-state index >= 15 is 0 Å². The largest absolute Gasteiger partial charge is 0.478 e. The van der Waals surface area contributed by atoms with Crippen LogP contribution in [0.4, 0.5) is 5.69 Å². The summed E-state index contributed by atoms with van der Waals surface area (Å²) in [6.45, 7) is 3.27. The number of aromatic nitrogens is 1. The number of carbonyl (C=O) groups is 1. The Balaban J connectivity index is 2.53. The third kappa shape index (κ3) is 2.64. The number of nitrogens with one attached hydrogen (secondary N) is 1. The zero-order valence-electron chi connectivity index (χ0n) is 10.7. The highest BCUT2D eigenvalue weighted by atomic mass is 32.2. The lowest BCUT2D eigenvalue weighted by atomic mass is 10.1. The molecule has 20 heavy (non-hydrogen) atoms. The number of rotatable bonds is 4. The van der Waals surface area contributed by atoms with Crippen molar-refractivity contribution in [1.82, 2.24) is 5.16 Å². The second-order valence-electron chi connectivity index (χ2n) is 4.24. The van der Waals surface area contributed by atoms with E-state index in [1.807, 2.05) is 0 Å². The summed E-state index contributed by atoms with van der Waals surface area (Å²) in [6, 6.07) is 2.55. The second-order valence-corrected chi connectivity index (χ2v) is 5.89. The molecule has 1 aromatic heterocycles. The highest BCUT2D eigenvalue weighted by Crippen LogP contribution is 2.23. The van der Waals surface area contributed by atoms with E-state index in [4.69, 9.17) is 5.11 Å². The molecule has 0 fully saturated rings. The van der Waals surface area contributed by atoms with Crippen molar-refractivity contribution in [2.24, 2.45) is 0 Å². The highest BCUT2D eigenvalue weighted by Gasteiger charge is 2.21. The third-order valence-corrected chi connectivity index (χ3v) is 4.35. The zero-order chi connectivity index (χ0) is 14.9. The first-order valence-electron chi connectivity index (χ1n) is 5.58. The first-order chi connectivity index (χ1) is 9.31. The standard InChI is InChI=1S/C12H12N2O5S/c1-7-3-9(12(15)16)4-11(8(7)2)20(17,18)14-10-5-13-19-6-10/h3-6,14H,1-2H3,(H,15,16). The molecule has 2 aromatic rings. The molecule has 7 nitrogen and oxygen atoms in total. The van der Waals surface area contributed by atoms with Gasteiger partial charge in [0.25, 0.3) is 10.0 Å². The predicted octanol–water partition coefficient (Wildman–Crippen LogP) is 1.79. The quantitative estimate of drug-likeness (QED) is 0.890. The molecule has 1 aromatic carbocycles. The number of anilines is 1. The van der Waals surface area contributed by atoms with E-state index in [1.165, 1.54) is 12.3 Å². The minimum absolute atomic E-state index is 0.0845. The van der Waals surface area contributed by atoms with Gasteiger partial charge in [0.05, 0.1) is 16.7 Å². The molecule has 0 radical (unpaired) electrons. The Morgan fingerprint density at radius 1 is 1.35 bits per heavy atom. The normalized spacial score (nSPS) is 11.3. The fourth-order valence-corrected chi connectivity index (χ4v) is 3.06. The minimum atomic E-state index is -3.91. The summed E-state index contributed by atoms with van der Waals surface area (Å²) in [5.41, 5.74) is 1.15. The van der Waals surface area contributed by atoms with Crippen LogP contribution >= 0.6 is 0 Å². The smallest absolute Gasteiger partial charge is 0.335 e. The summed E-state index contributed by atoms with van der Waals surface area (Å²) in [7, 11) is -3.91. The van der Waals surface area contributed by atoms with Crippen molar-refractivity contribution in [2.75, 3.05) is 4.72 Å². The topological polar surface area (TPSA) is 110 Å². The van der Waals surface area contributed by atoms with Gasteiger partial charge >= 0.3 is 5.97 Å². The number of hydrogen-bond acceptors (Lipinski definition) is 5. The van der Waals surface area contributed by atoms with Crippen molar-refractivity contribution in [3.05, 3.63) is 41.3 Å². The van der Waals surface area contributed by atoms with Gasteiger partial charge in [-0.05, 0) is 37.1 Å². The van der Waals surface area contributed by atoms with Crippen molar-refractivity contribution in [3.63, 3.8) is 0 Å². The lowest BCUT2D eigenvalue weighted by Gasteiger charge is -2.11. The van der Waals surface area contributed by atoms with Crippen molar-refractivity contribution < 1.29 is 22.8 Å². The number of benzene rings is 1. The van der Waals surface area contributed by atoms with E-state index in [1.54, 1.807) is 13.8 Å². The van der Waals surface area contributed by atoms with E-state index in [9.17, 15) is 13.2 Å². The maximum Gasteiger partial charge on any atom is 0.335 e. The molecule has 2 N–H and O–H groups in total. The molecule has 0 aliphatic heterocycles. The number of nitrogens with zero attached hydrogens (tertiary/aromatic N) is 1. The van der Waals surface area contributed by atoms with Crippen LogP contribution in [-0.2, 0) is 10.0 Å². The molecule has 0 saturated carbocycles. The molecular weight excluding hydrogens is 284 g/mol. The van der Waals surface area contributed by atoms with Crippen LogP contribution in [0.1, 0.15) is 21.5 Å². The molecule has 0 bridgehead atoms. The number of aromatic carboxylic acids is 1. The second kappa shape index (κ2) is 4.97. The van der Waals surface area contributed by atoms with Crippen LogP contribution in [0, 0.1) is 13.8 Å². The van der Waals surface area contributed by atoms with E-state index in [0.717, 1.165) is 12.3 Å². The van der Waals surface area contributed by atoms with Crippen LogP contribution in [0.25, 0.3) is 0 Å². The van der Waals surface area contributed by atoms with Gasteiger partial charge in [-0.25, -0.2) is 13.2 Å². The van der Waals surface area contributed by atoms with Gasteiger partial charge in [0.1, 0.15) is 12.0 Å². The van der Waals surface area contributed by atoms with Gasteiger partial charge in [0, 0.05) is 0 Å². The highest BCUT2D eigenvalue weighted by molar-refractivity contribution is 7.92. The average molecular weight is 296 g/mol. The molecule has 0 spiro atoms. The Hall–Kier alpha value is -2.35. The van der Waals surface area contributed by atoms with Crippen molar-refractivity contribution in [2.45, 2.75) is 18.7 Å². The Bertz CT molecular complexity index is 750. The first-order valence-corrected chi connectivity index (χ1v) is 7.06. The Kier molecular flexibility index (Phi) is 3.49. The van der Waals surface area contributed by atoms with Gasteiger partial charge in [-0.3, -0.25) is 4.72 Å². The van der Waals surface area contributed by atoms with E-state index in [2.05, 4.69) is 14.4 Å². The van der Waals surface area contributed by atoms with Gasteiger partial charge < -0.3 is 9.63 Å². The van der Waals surface area contributed by atoms with E-state index < -0.39 is 16.0 Å². The monoisotopic (exact) mass is 296 g/mol. The Labute approximate surface area is 115 Å². The lowest BCUT2D eigenvalue weighted by Crippen LogP contribution is -2.15. The maximum absolute atomic E-state index is 12.3. The SMILES string of the molecule is Cc1cc(C(=O)O)cc(S(=O)(=O)Nc2cnoc2)c1C. The van der Waals surface area contributed by atoms with Crippen LogP contribution in [0.2, 0.25) is 0 Å². The molecule has 0 aliphatic carbocycles. The molecule has 1 heterocycles. The Morgan fingerprint density at radius 2 is 2.05 bits per heavy atom. The molecule has 2 rings (SSSR count). The predicted molar refractivity (Wildman–Crippen MR) is 70.2 cm³/mol.